The molecule has 4 nitrogen and oxygen atoms in total. The molecule has 0 spiro atoms. The maximum atomic E-state index is 13.3. The van der Waals surface area contributed by atoms with Crippen molar-refractivity contribution >= 4 is 5.91 Å². The molecule has 0 aromatic rings. The van der Waals surface area contributed by atoms with Gasteiger partial charge in [-0.05, 0) is 13.0 Å². The van der Waals surface area contributed by atoms with E-state index in [4.69, 9.17) is 6.42 Å². The predicted octanol–water partition coefficient (Wildman–Crippen LogP) is 0.306. The standard InChI is InChI=1S/C13H18F3N3O/c1-2-5-18-6-8-19(9-7-18)11(20)12(13(14,15)16)3-4-17-10-12/h1,17H,3-10H2. The Morgan fingerprint density at radius 2 is 1.95 bits per heavy atom. The average Bonchev–Trinajstić information content (AvgIpc) is 2.89. The molecule has 2 aliphatic rings. The summed E-state index contributed by atoms with van der Waals surface area (Å²) < 4.78 is 39.9. The molecule has 1 N–H and O–H groups in total. The molecular weight excluding hydrogens is 271 g/mol. The van der Waals surface area contributed by atoms with Gasteiger partial charge in [0.25, 0.3) is 0 Å². The van der Waals surface area contributed by atoms with E-state index in [0.717, 1.165) is 0 Å². The van der Waals surface area contributed by atoms with Gasteiger partial charge < -0.3 is 10.2 Å². The zero-order valence-electron chi connectivity index (χ0n) is 11.2. The lowest BCUT2D eigenvalue weighted by molar-refractivity contribution is -0.222. The summed E-state index contributed by atoms with van der Waals surface area (Å²) in [5.74, 6) is 1.70. The minimum Gasteiger partial charge on any atom is -0.339 e. The summed E-state index contributed by atoms with van der Waals surface area (Å²) in [5.41, 5.74) is -2.25. The second-order valence-electron chi connectivity index (χ2n) is 5.28. The monoisotopic (exact) mass is 289 g/mol. The quantitative estimate of drug-likeness (QED) is 0.743. The van der Waals surface area contributed by atoms with Crippen LogP contribution in [0.2, 0.25) is 0 Å². The number of rotatable bonds is 2. The molecule has 112 valence electrons. The SMILES string of the molecule is C#CCN1CCN(C(=O)C2(C(F)(F)F)CCNC2)CC1. The number of alkyl halides is 3. The summed E-state index contributed by atoms with van der Waals surface area (Å²) in [7, 11) is 0. The highest BCUT2D eigenvalue weighted by Crippen LogP contribution is 2.44. The van der Waals surface area contributed by atoms with Gasteiger partial charge in [-0.25, -0.2) is 0 Å². The van der Waals surface area contributed by atoms with E-state index in [-0.39, 0.29) is 19.5 Å². The van der Waals surface area contributed by atoms with E-state index in [0.29, 0.717) is 32.7 Å². The Hall–Kier alpha value is -1.26. The van der Waals surface area contributed by atoms with Crippen LogP contribution in [0, 0.1) is 17.8 Å². The fourth-order valence-electron chi connectivity index (χ4n) is 2.78. The van der Waals surface area contributed by atoms with Gasteiger partial charge in [0.2, 0.25) is 5.91 Å². The molecule has 2 fully saturated rings. The summed E-state index contributed by atoms with van der Waals surface area (Å²) >= 11 is 0. The van der Waals surface area contributed by atoms with Gasteiger partial charge in [0, 0.05) is 32.7 Å². The number of nitrogens with one attached hydrogen (secondary N) is 1. The van der Waals surface area contributed by atoms with E-state index in [1.807, 2.05) is 4.90 Å². The molecule has 2 heterocycles. The van der Waals surface area contributed by atoms with E-state index in [1.54, 1.807) is 0 Å². The molecule has 0 aromatic heterocycles. The molecular formula is C13H18F3N3O. The second-order valence-corrected chi connectivity index (χ2v) is 5.28. The Kier molecular flexibility index (Phi) is 4.25. The molecule has 0 saturated carbocycles. The van der Waals surface area contributed by atoms with Crippen LogP contribution in [0.25, 0.3) is 0 Å². The smallest absolute Gasteiger partial charge is 0.339 e. The fraction of sp³-hybridized carbons (Fsp3) is 0.769. The maximum Gasteiger partial charge on any atom is 0.404 e. The Bertz CT molecular complexity index is 402. The molecule has 0 aromatic carbocycles. The number of carbonyl (C=O) groups excluding carboxylic acids is 1. The van der Waals surface area contributed by atoms with Crippen LogP contribution in [0.15, 0.2) is 0 Å². The van der Waals surface area contributed by atoms with Crippen LogP contribution < -0.4 is 5.32 Å². The van der Waals surface area contributed by atoms with Gasteiger partial charge in [0.1, 0.15) is 0 Å². The van der Waals surface area contributed by atoms with Gasteiger partial charge in [-0.3, -0.25) is 9.69 Å². The second kappa shape index (κ2) is 5.62. The van der Waals surface area contributed by atoms with E-state index >= 15 is 0 Å². The number of hydrogen-bond donors (Lipinski definition) is 1. The molecule has 2 saturated heterocycles. The van der Waals surface area contributed by atoms with Crippen molar-refractivity contribution in [1.82, 2.24) is 15.1 Å². The molecule has 2 rings (SSSR count). The summed E-state index contributed by atoms with van der Waals surface area (Å²) in [5, 5.41) is 2.66. The first kappa shape index (κ1) is 15.1. The zero-order valence-corrected chi connectivity index (χ0v) is 11.2. The Morgan fingerprint density at radius 1 is 1.30 bits per heavy atom. The highest BCUT2D eigenvalue weighted by atomic mass is 19.4. The third-order valence-electron chi connectivity index (χ3n) is 4.08. The summed E-state index contributed by atoms with van der Waals surface area (Å²) in [6, 6.07) is 0. The summed E-state index contributed by atoms with van der Waals surface area (Å²) in [6.45, 7) is 2.03. The van der Waals surface area contributed by atoms with Crippen LogP contribution in [0.1, 0.15) is 6.42 Å². The Labute approximate surface area is 116 Å². The van der Waals surface area contributed by atoms with Crippen molar-refractivity contribution in [3.05, 3.63) is 0 Å². The molecule has 20 heavy (non-hydrogen) atoms. The van der Waals surface area contributed by atoms with Crippen LogP contribution in [0.3, 0.4) is 0 Å². The van der Waals surface area contributed by atoms with E-state index in [1.165, 1.54) is 4.90 Å². The first-order valence-corrected chi connectivity index (χ1v) is 6.63. The van der Waals surface area contributed by atoms with E-state index < -0.39 is 17.5 Å². The Balaban J connectivity index is 2.06. The number of piperazine rings is 1. The van der Waals surface area contributed by atoms with Gasteiger partial charge in [-0.2, -0.15) is 13.2 Å². The lowest BCUT2D eigenvalue weighted by Gasteiger charge is -2.39. The lowest BCUT2D eigenvalue weighted by atomic mass is 9.84. The largest absolute Gasteiger partial charge is 0.404 e. The minimum absolute atomic E-state index is 0.181. The first-order chi connectivity index (χ1) is 9.40. The molecule has 0 aliphatic carbocycles. The van der Waals surface area contributed by atoms with Crippen molar-refractivity contribution in [2.45, 2.75) is 12.6 Å². The molecule has 1 atom stereocenters. The molecule has 2 aliphatic heterocycles. The van der Waals surface area contributed by atoms with Gasteiger partial charge >= 0.3 is 6.18 Å². The minimum atomic E-state index is -4.51. The molecule has 0 radical (unpaired) electrons. The highest BCUT2D eigenvalue weighted by molar-refractivity contribution is 5.84. The van der Waals surface area contributed by atoms with Crippen molar-refractivity contribution in [3.8, 4) is 12.3 Å². The van der Waals surface area contributed by atoms with Crippen molar-refractivity contribution in [1.29, 1.82) is 0 Å². The van der Waals surface area contributed by atoms with Crippen LogP contribution in [-0.2, 0) is 4.79 Å². The third kappa shape index (κ3) is 2.63. The van der Waals surface area contributed by atoms with Crippen molar-refractivity contribution < 1.29 is 18.0 Å². The van der Waals surface area contributed by atoms with Crippen molar-refractivity contribution in [2.24, 2.45) is 5.41 Å². The predicted molar refractivity (Wildman–Crippen MR) is 67.8 cm³/mol. The van der Waals surface area contributed by atoms with E-state index in [2.05, 4.69) is 11.2 Å². The Morgan fingerprint density at radius 3 is 2.40 bits per heavy atom. The zero-order chi connectivity index (χ0) is 14.8. The number of hydrogen-bond acceptors (Lipinski definition) is 3. The molecule has 7 heteroatoms. The molecule has 1 unspecified atom stereocenters. The third-order valence-corrected chi connectivity index (χ3v) is 4.08. The van der Waals surface area contributed by atoms with Crippen LogP contribution >= 0.6 is 0 Å². The fourth-order valence-corrected chi connectivity index (χ4v) is 2.78. The lowest BCUT2D eigenvalue weighted by Crippen LogP contribution is -2.58. The van der Waals surface area contributed by atoms with Crippen molar-refractivity contribution in [3.63, 3.8) is 0 Å². The average molecular weight is 289 g/mol. The normalized spacial score (nSPS) is 28.4. The molecule has 0 bridgehead atoms. The van der Waals surface area contributed by atoms with Crippen LogP contribution in [-0.4, -0.2) is 67.7 Å². The van der Waals surface area contributed by atoms with Gasteiger partial charge in [0.15, 0.2) is 5.41 Å². The van der Waals surface area contributed by atoms with Gasteiger partial charge in [-0.1, -0.05) is 5.92 Å². The summed E-state index contributed by atoms with van der Waals surface area (Å²) in [4.78, 5) is 15.6. The number of carbonyl (C=O) groups is 1. The molecule has 1 amide bonds. The number of halogens is 3. The van der Waals surface area contributed by atoms with Crippen LogP contribution in [0.4, 0.5) is 13.2 Å². The summed E-state index contributed by atoms with van der Waals surface area (Å²) in [6.07, 6.45) is 0.511. The highest BCUT2D eigenvalue weighted by Gasteiger charge is 2.62. The van der Waals surface area contributed by atoms with Crippen LogP contribution in [0.5, 0.6) is 0 Å². The van der Waals surface area contributed by atoms with Crippen molar-refractivity contribution in [2.75, 3.05) is 45.8 Å². The first-order valence-electron chi connectivity index (χ1n) is 6.63. The van der Waals surface area contributed by atoms with E-state index in [9.17, 15) is 18.0 Å². The van der Waals surface area contributed by atoms with Gasteiger partial charge in [-0.15, -0.1) is 6.42 Å². The maximum absolute atomic E-state index is 13.3. The number of amides is 1. The number of nitrogens with zero attached hydrogens (tertiary/aromatic N) is 2. The number of terminal acetylenes is 1. The van der Waals surface area contributed by atoms with Gasteiger partial charge in [0.05, 0.1) is 6.54 Å². The topological polar surface area (TPSA) is 35.6 Å².